The number of nitrogens with zero attached hydrogens (tertiary/aromatic N) is 1. The lowest BCUT2D eigenvalue weighted by molar-refractivity contribution is -0.144. The van der Waals surface area contributed by atoms with Crippen LogP contribution in [0.5, 0.6) is 0 Å². The van der Waals surface area contributed by atoms with Crippen molar-refractivity contribution in [3.63, 3.8) is 0 Å². The zero-order chi connectivity index (χ0) is 20.9. The minimum atomic E-state index is -0.482. The summed E-state index contributed by atoms with van der Waals surface area (Å²) >= 11 is 0. The van der Waals surface area contributed by atoms with E-state index in [0.717, 1.165) is 31.2 Å². The number of carbonyl (C=O) groups excluding carboxylic acids is 2. The van der Waals surface area contributed by atoms with E-state index in [0.29, 0.717) is 32.2 Å². The quantitative estimate of drug-likeness (QED) is 0.829. The molecular formula is C23H34N2O4. The van der Waals surface area contributed by atoms with Gasteiger partial charge in [-0.3, -0.25) is 4.79 Å². The Morgan fingerprint density at radius 3 is 2.48 bits per heavy atom. The highest BCUT2D eigenvalue weighted by atomic mass is 16.6. The number of hydrogen-bond donors (Lipinski definition) is 1. The molecule has 6 heteroatoms. The fourth-order valence-corrected chi connectivity index (χ4v) is 4.13. The van der Waals surface area contributed by atoms with Crippen LogP contribution in [0.25, 0.3) is 0 Å². The van der Waals surface area contributed by atoms with Gasteiger partial charge in [-0.15, -0.1) is 0 Å². The Kier molecular flexibility index (Phi) is 7.17. The molecule has 1 aromatic rings. The minimum absolute atomic E-state index is 0.0386. The van der Waals surface area contributed by atoms with Crippen LogP contribution in [0.1, 0.15) is 58.1 Å². The Balaban J connectivity index is 1.43. The van der Waals surface area contributed by atoms with E-state index in [4.69, 9.17) is 9.47 Å². The molecular weight excluding hydrogens is 368 g/mol. The van der Waals surface area contributed by atoms with Gasteiger partial charge in [-0.05, 0) is 57.9 Å². The molecule has 0 radical (unpaired) electrons. The molecule has 1 saturated heterocycles. The van der Waals surface area contributed by atoms with Crippen LogP contribution in [0.2, 0.25) is 0 Å². The van der Waals surface area contributed by atoms with Crippen molar-refractivity contribution in [1.82, 2.24) is 10.2 Å². The molecule has 1 heterocycles. The van der Waals surface area contributed by atoms with Gasteiger partial charge in [0, 0.05) is 19.0 Å². The molecule has 29 heavy (non-hydrogen) atoms. The van der Waals surface area contributed by atoms with Gasteiger partial charge in [0.05, 0.1) is 13.2 Å². The van der Waals surface area contributed by atoms with Gasteiger partial charge in [0.25, 0.3) is 0 Å². The van der Waals surface area contributed by atoms with Crippen LogP contribution in [0.4, 0.5) is 4.79 Å². The SMILES string of the molecule is CC(C)(C)OC(=O)NCC1CCC(C(=O)N2CCO[C@@H](c3ccccc3)C2)CC1. The molecule has 1 atom stereocenters. The number of amides is 2. The Morgan fingerprint density at radius 1 is 1.14 bits per heavy atom. The van der Waals surface area contributed by atoms with E-state index in [2.05, 4.69) is 17.4 Å². The van der Waals surface area contributed by atoms with Gasteiger partial charge in [-0.25, -0.2) is 4.79 Å². The van der Waals surface area contributed by atoms with Crippen molar-refractivity contribution >= 4 is 12.0 Å². The lowest BCUT2D eigenvalue weighted by Gasteiger charge is -2.37. The van der Waals surface area contributed by atoms with Gasteiger partial charge >= 0.3 is 6.09 Å². The first-order valence-corrected chi connectivity index (χ1v) is 10.7. The number of carbonyl (C=O) groups is 2. The highest BCUT2D eigenvalue weighted by Crippen LogP contribution is 2.31. The predicted octanol–water partition coefficient (Wildman–Crippen LogP) is 3.92. The van der Waals surface area contributed by atoms with Crippen molar-refractivity contribution in [3.05, 3.63) is 35.9 Å². The third-order valence-corrected chi connectivity index (χ3v) is 5.68. The van der Waals surface area contributed by atoms with Gasteiger partial charge in [-0.1, -0.05) is 30.3 Å². The molecule has 0 aromatic heterocycles. The van der Waals surface area contributed by atoms with E-state index in [-0.39, 0.29) is 24.0 Å². The lowest BCUT2D eigenvalue weighted by Crippen LogP contribution is -2.46. The molecule has 2 fully saturated rings. The first kappa shape index (κ1) is 21.6. The fourth-order valence-electron chi connectivity index (χ4n) is 4.13. The first-order valence-electron chi connectivity index (χ1n) is 10.7. The van der Waals surface area contributed by atoms with Crippen molar-refractivity contribution < 1.29 is 19.1 Å². The van der Waals surface area contributed by atoms with E-state index in [1.165, 1.54) is 0 Å². The Morgan fingerprint density at radius 2 is 1.83 bits per heavy atom. The van der Waals surface area contributed by atoms with Crippen molar-refractivity contribution in [2.45, 2.75) is 58.2 Å². The first-order chi connectivity index (χ1) is 13.8. The molecule has 0 bridgehead atoms. The number of nitrogens with one attached hydrogen (secondary N) is 1. The van der Waals surface area contributed by atoms with Crippen LogP contribution in [-0.2, 0) is 14.3 Å². The second kappa shape index (κ2) is 9.61. The van der Waals surface area contributed by atoms with E-state index in [9.17, 15) is 9.59 Å². The second-order valence-corrected chi connectivity index (χ2v) is 9.15. The molecule has 6 nitrogen and oxygen atoms in total. The molecule has 1 aliphatic carbocycles. The minimum Gasteiger partial charge on any atom is -0.444 e. The molecule has 1 N–H and O–H groups in total. The van der Waals surface area contributed by atoms with Gasteiger partial charge in [0.2, 0.25) is 5.91 Å². The summed E-state index contributed by atoms with van der Waals surface area (Å²) < 4.78 is 11.2. The highest BCUT2D eigenvalue weighted by molar-refractivity contribution is 5.79. The largest absolute Gasteiger partial charge is 0.444 e. The van der Waals surface area contributed by atoms with Crippen molar-refractivity contribution in [1.29, 1.82) is 0 Å². The topological polar surface area (TPSA) is 67.9 Å². The van der Waals surface area contributed by atoms with Crippen LogP contribution < -0.4 is 5.32 Å². The Bertz CT molecular complexity index is 678. The summed E-state index contributed by atoms with van der Waals surface area (Å²) in [7, 11) is 0. The number of hydrogen-bond acceptors (Lipinski definition) is 4. The van der Waals surface area contributed by atoms with Gasteiger partial charge in [-0.2, -0.15) is 0 Å². The van der Waals surface area contributed by atoms with E-state index in [1.54, 1.807) is 0 Å². The number of alkyl carbamates (subject to hydrolysis) is 1. The van der Waals surface area contributed by atoms with Gasteiger partial charge < -0.3 is 19.7 Å². The summed E-state index contributed by atoms with van der Waals surface area (Å²) in [6, 6.07) is 10.1. The van der Waals surface area contributed by atoms with Crippen LogP contribution >= 0.6 is 0 Å². The van der Waals surface area contributed by atoms with Crippen molar-refractivity contribution in [3.8, 4) is 0 Å². The zero-order valence-electron chi connectivity index (χ0n) is 17.9. The smallest absolute Gasteiger partial charge is 0.407 e. The van der Waals surface area contributed by atoms with Crippen LogP contribution in [-0.4, -0.2) is 48.7 Å². The summed E-state index contributed by atoms with van der Waals surface area (Å²) in [5.41, 5.74) is 0.645. The second-order valence-electron chi connectivity index (χ2n) is 9.15. The molecule has 160 valence electrons. The average molecular weight is 403 g/mol. The monoisotopic (exact) mass is 402 g/mol. The average Bonchev–Trinajstić information content (AvgIpc) is 2.72. The third-order valence-electron chi connectivity index (χ3n) is 5.68. The maximum absolute atomic E-state index is 13.0. The molecule has 0 unspecified atom stereocenters. The zero-order valence-corrected chi connectivity index (χ0v) is 17.9. The maximum atomic E-state index is 13.0. The number of benzene rings is 1. The van der Waals surface area contributed by atoms with Crippen LogP contribution in [0, 0.1) is 11.8 Å². The summed E-state index contributed by atoms with van der Waals surface area (Å²) in [5.74, 6) is 0.753. The predicted molar refractivity (Wildman–Crippen MR) is 111 cm³/mol. The molecule has 3 rings (SSSR count). The Labute approximate surface area is 173 Å². The number of ether oxygens (including phenoxy) is 2. The molecule has 0 spiro atoms. The van der Waals surface area contributed by atoms with Gasteiger partial charge in [0.15, 0.2) is 0 Å². The van der Waals surface area contributed by atoms with Crippen LogP contribution in [0.15, 0.2) is 30.3 Å². The van der Waals surface area contributed by atoms with Crippen LogP contribution in [0.3, 0.4) is 0 Å². The fraction of sp³-hybridized carbons (Fsp3) is 0.652. The number of rotatable bonds is 4. The molecule has 1 aromatic carbocycles. The molecule has 1 aliphatic heterocycles. The summed E-state index contributed by atoms with van der Waals surface area (Å²) in [4.78, 5) is 26.8. The van der Waals surface area contributed by atoms with E-state index >= 15 is 0 Å². The lowest BCUT2D eigenvalue weighted by atomic mass is 9.81. The Hall–Kier alpha value is -2.08. The molecule has 1 saturated carbocycles. The van der Waals surface area contributed by atoms with E-state index in [1.807, 2.05) is 43.9 Å². The van der Waals surface area contributed by atoms with Gasteiger partial charge in [0.1, 0.15) is 11.7 Å². The van der Waals surface area contributed by atoms with Crippen molar-refractivity contribution in [2.24, 2.45) is 11.8 Å². The summed E-state index contributed by atoms with van der Waals surface area (Å²) in [5, 5.41) is 2.87. The summed E-state index contributed by atoms with van der Waals surface area (Å²) in [6.07, 6.45) is 3.27. The third kappa shape index (κ3) is 6.46. The highest BCUT2D eigenvalue weighted by Gasteiger charge is 2.32. The summed E-state index contributed by atoms with van der Waals surface area (Å²) in [6.45, 7) is 8.07. The number of morpholine rings is 1. The molecule has 2 amide bonds. The standard InChI is InChI=1S/C23H34N2O4/c1-23(2,3)29-22(27)24-15-17-9-11-19(12-10-17)21(26)25-13-14-28-20(16-25)18-7-5-4-6-8-18/h4-8,17,19-20H,9-16H2,1-3H3,(H,24,27)/t17?,19?,20-/m1/s1. The normalized spacial score (nSPS) is 25.3. The molecule has 2 aliphatic rings. The van der Waals surface area contributed by atoms with E-state index < -0.39 is 5.60 Å². The van der Waals surface area contributed by atoms with Crippen molar-refractivity contribution in [2.75, 3.05) is 26.2 Å². The maximum Gasteiger partial charge on any atom is 0.407 e.